The van der Waals surface area contributed by atoms with Crippen molar-refractivity contribution in [1.82, 2.24) is 14.6 Å². The Morgan fingerprint density at radius 1 is 1.39 bits per heavy atom. The summed E-state index contributed by atoms with van der Waals surface area (Å²) in [6.45, 7) is 3.43. The van der Waals surface area contributed by atoms with Crippen LogP contribution in [-0.4, -0.2) is 40.2 Å². The zero-order valence-electron chi connectivity index (χ0n) is 13.0. The lowest BCUT2D eigenvalue weighted by molar-refractivity contribution is -0.125. The molecule has 6 heteroatoms. The largest absolute Gasteiger partial charge is 0.353 e. The van der Waals surface area contributed by atoms with Crippen LogP contribution in [0.25, 0.3) is 10.1 Å². The zero-order valence-corrected chi connectivity index (χ0v) is 13.9. The Kier molecular flexibility index (Phi) is 3.56. The van der Waals surface area contributed by atoms with Crippen LogP contribution in [-0.2, 0) is 4.79 Å². The number of rotatable bonds is 1. The second-order valence-corrected chi connectivity index (χ2v) is 7.35. The molecule has 1 aromatic carbocycles. The van der Waals surface area contributed by atoms with E-state index in [9.17, 15) is 9.59 Å². The Bertz CT molecular complexity index is 785. The molecule has 2 unspecified atom stereocenters. The lowest BCUT2D eigenvalue weighted by Gasteiger charge is -2.41. The molecule has 2 fully saturated rings. The van der Waals surface area contributed by atoms with E-state index >= 15 is 0 Å². The van der Waals surface area contributed by atoms with Gasteiger partial charge in [0.05, 0.1) is 4.70 Å². The smallest absolute Gasteiger partial charge is 0.274 e. The maximum atomic E-state index is 12.9. The topological polar surface area (TPSA) is 62.3 Å². The second-order valence-electron chi connectivity index (χ2n) is 6.54. The highest BCUT2D eigenvalue weighted by Crippen LogP contribution is 2.29. The van der Waals surface area contributed by atoms with Gasteiger partial charge in [0.15, 0.2) is 0 Å². The van der Waals surface area contributed by atoms with Crippen LogP contribution in [0.15, 0.2) is 18.2 Å². The van der Waals surface area contributed by atoms with E-state index in [4.69, 9.17) is 0 Å². The highest BCUT2D eigenvalue weighted by Gasteiger charge is 2.36. The van der Waals surface area contributed by atoms with Crippen LogP contribution in [0.1, 0.15) is 35.3 Å². The second kappa shape index (κ2) is 5.60. The molecule has 2 aliphatic heterocycles. The SMILES string of the molecule is Cc1ccc2snc(C(=O)N3CCC4NC(=O)CCC4C3)c2c1. The molecule has 2 atom stereocenters. The van der Waals surface area contributed by atoms with Gasteiger partial charge in [0, 0.05) is 30.9 Å². The Morgan fingerprint density at radius 3 is 3.13 bits per heavy atom. The van der Waals surface area contributed by atoms with Crippen LogP contribution >= 0.6 is 11.5 Å². The minimum absolute atomic E-state index is 0.0252. The van der Waals surface area contributed by atoms with Crippen LogP contribution in [0.2, 0.25) is 0 Å². The third-order valence-electron chi connectivity index (χ3n) is 4.94. The Balaban J connectivity index is 1.57. The number of hydrogen-bond acceptors (Lipinski definition) is 4. The molecule has 2 aliphatic rings. The molecular formula is C17H19N3O2S. The van der Waals surface area contributed by atoms with E-state index in [0.29, 0.717) is 31.1 Å². The summed E-state index contributed by atoms with van der Waals surface area (Å²) in [7, 11) is 0. The number of nitrogens with one attached hydrogen (secondary N) is 1. The van der Waals surface area contributed by atoms with E-state index in [1.165, 1.54) is 11.5 Å². The molecule has 0 spiro atoms. The van der Waals surface area contributed by atoms with Gasteiger partial charge in [-0.15, -0.1) is 0 Å². The van der Waals surface area contributed by atoms with Gasteiger partial charge in [-0.05, 0) is 49.3 Å². The number of benzene rings is 1. The Hall–Kier alpha value is -1.95. The molecular weight excluding hydrogens is 310 g/mol. The van der Waals surface area contributed by atoms with E-state index < -0.39 is 0 Å². The van der Waals surface area contributed by atoms with Crippen molar-refractivity contribution in [3.8, 4) is 0 Å². The first-order valence-electron chi connectivity index (χ1n) is 8.06. The summed E-state index contributed by atoms with van der Waals surface area (Å²) in [6.07, 6.45) is 2.28. The van der Waals surface area contributed by atoms with Crippen molar-refractivity contribution in [2.24, 2.45) is 5.92 Å². The predicted molar refractivity (Wildman–Crippen MR) is 89.5 cm³/mol. The number of carbonyl (C=O) groups excluding carboxylic acids is 2. The van der Waals surface area contributed by atoms with Gasteiger partial charge < -0.3 is 10.2 Å². The van der Waals surface area contributed by atoms with E-state index in [-0.39, 0.29) is 17.9 Å². The van der Waals surface area contributed by atoms with Crippen molar-refractivity contribution in [3.63, 3.8) is 0 Å². The summed E-state index contributed by atoms with van der Waals surface area (Å²) >= 11 is 1.38. The molecule has 23 heavy (non-hydrogen) atoms. The van der Waals surface area contributed by atoms with Gasteiger partial charge >= 0.3 is 0 Å². The van der Waals surface area contributed by atoms with Gasteiger partial charge in [-0.2, -0.15) is 4.37 Å². The van der Waals surface area contributed by atoms with Crippen LogP contribution in [0.5, 0.6) is 0 Å². The highest BCUT2D eigenvalue weighted by molar-refractivity contribution is 7.13. The van der Waals surface area contributed by atoms with Crippen LogP contribution in [0.3, 0.4) is 0 Å². The lowest BCUT2D eigenvalue weighted by atomic mass is 9.85. The maximum absolute atomic E-state index is 12.9. The van der Waals surface area contributed by atoms with Gasteiger partial charge in [-0.25, -0.2) is 0 Å². The van der Waals surface area contributed by atoms with E-state index in [1.54, 1.807) is 0 Å². The monoisotopic (exact) mass is 329 g/mol. The third-order valence-corrected chi connectivity index (χ3v) is 5.76. The molecule has 1 aromatic heterocycles. The average Bonchev–Trinajstić information content (AvgIpc) is 2.96. The molecule has 2 aromatic rings. The van der Waals surface area contributed by atoms with Crippen molar-refractivity contribution in [2.75, 3.05) is 13.1 Å². The molecule has 0 bridgehead atoms. The minimum Gasteiger partial charge on any atom is -0.353 e. The van der Waals surface area contributed by atoms with Gasteiger partial charge in [-0.3, -0.25) is 9.59 Å². The van der Waals surface area contributed by atoms with Crippen molar-refractivity contribution in [1.29, 1.82) is 0 Å². The maximum Gasteiger partial charge on any atom is 0.274 e. The minimum atomic E-state index is 0.0252. The molecule has 3 heterocycles. The normalized spacial score (nSPS) is 24.4. The highest BCUT2D eigenvalue weighted by atomic mass is 32.1. The summed E-state index contributed by atoms with van der Waals surface area (Å²) < 4.78 is 5.46. The van der Waals surface area contributed by atoms with Gasteiger partial charge in [0.1, 0.15) is 5.69 Å². The standard InChI is InChI=1S/C17H19N3O2S/c1-10-2-4-14-12(8-10)16(19-23-14)17(22)20-7-6-13-11(9-20)3-5-15(21)18-13/h2,4,8,11,13H,3,5-7,9H2,1H3,(H,18,21). The van der Waals surface area contributed by atoms with Crippen molar-refractivity contribution in [3.05, 3.63) is 29.5 Å². The molecule has 0 saturated carbocycles. The predicted octanol–water partition coefficient (Wildman–Crippen LogP) is 2.35. The lowest BCUT2D eigenvalue weighted by Crippen LogP contribution is -2.55. The molecule has 2 amide bonds. The van der Waals surface area contributed by atoms with Gasteiger partial charge in [0.25, 0.3) is 5.91 Å². The Morgan fingerprint density at radius 2 is 2.26 bits per heavy atom. The third kappa shape index (κ3) is 2.61. The quantitative estimate of drug-likeness (QED) is 0.873. The first-order valence-corrected chi connectivity index (χ1v) is 8.84. The van der Waals surface area contributed by atoms with Crippen LogP contribution in [0, 0.1) is 12.8 Å². The zero-order chi connectivity index (χ0) is 16.0. The first-order chi connectivity index (χ1) is 11.1. The number of likely N-dealkylation sites (tertiary alicyclic amines) is 1. The number of nitrogens with zero attached hydrogens (tertiary/aromatic N) is 2. The summed E-state index contributed by atoms with van der Waals surface area (Å²) in [6, 6.07) is 6.35. The number of aryl methyl sites for hydroxylation is 1. The summed E-state index contributed by atoms with van der Waals surface area (Å²) in [5, 5.41) is 4.02. The number of hydrogen-bond donors (Lipinski definition) is 1. The fourth-order valence-electron chi connectivity index (χ4n) is 3.65. The van der Waals surface area contributed by atoms with Gasteiger partial charge in [-0.1, -0.05) is 11.6 Å². The van der Waals surface area contributed by atoms with Crippen LogP contribution in [0.4, 0.5) is 0 Å². The van der Waals surface area contributed by atoms with Gasteiger partial charge in [0.2, 0.25) is 5.91 Å². The Labute approximate surface area is 138 Å². The van der Waals surface area contributed by atoms with Crippen molar-refractivity contribution in [2.45, 2.75) is 32.2 Å². The molecule has 0 aliphatic carbocycles. The average molecular weight is 329 g/mol. The van der Waals surface area contributed by atoms with Crippen molar-refractivity contribution >= 4 is 33.4 Å². The van der Waals surface area contributed by atoms with E-state index in [0.717, 1.165) is 28.5 Å². The van der Waals surface area contributed by atoms with E-state index in [1.807, 2.05) is 30.0 Å². The van der Waals surface area contributed by atoms with Crippen LogP contribution < -0.4 is 5.32 Å². The molecule has 2 saturated heterocycles. The summed E-state index contributed by atoms with van der Waals surface area (Å²) in [4.78, 5) is 26.3. The fourth-order valence-corrected chi connectivity index (χ4v) is 4.40. The molecule has 4 rings (SSSR count). The number of fused-ring (bicyclic) bond motifs is 2. The summed E-state index contributed by atoms with van der Waals surface area (Å²) in [5.41, 5.74) is 1.72. The number of aromatic nitrogens is 1. The number of carbonyl (C=O) groups is 2. The number of piperidine rings is 2. The molecule has 0 radical (unpaired) electrons. The van der Waals surface area contributed by atoms with Crippen molar-refractivity contribution < 1.29 is 9.59 Å². The number of amides is 2. The molecule has 5 nitrogen and oxygen atoms in total. The molecule has 120 valence electrons. The van der Waals surface area contributed by atoms with E-state index in [2.05, 4.69) is 9.69 Å². The summed E-state index contributed by atoms with van der Waals surface area (Å²) in [5.74, 6) is 0.543. The first kappa shape index (κ1) is 14.6. The molecule has 1 N–H and O–H groups in total. The fraction of sp³-hybridized carbons (Fsp3) is 0.471.